The molecule has 0 aromatic heterocycles. The SMILES string of the molecule is C=CS(=O)(=O)c1cccc(N=Nc2c(N)c(N=Nc3ccc(COC=N)cc3)c(C(=O)O)c(N=Nc3cccc(S(=O)(=O)C=C)c3)c2N)c1. The van der Waals surface area contributed by atoms with Crippen LogP contribution in [0.4, 0.5) is 45.5 Å². The Morgan fingerprint density at radius 2 is 1.16 bits per heavy atom. The molecule has 0 atom stereocenters. The summed E-state index contributed by atoms with van der Waals surface area (Å²) in [5.41, 5.74) is 11.3. The van der Waals surface area contributed by atoms with E-state index in [1.807, 2.05) is 0 Å². The van der Waals surface area contributed by atoms with Gasteiger partial charge < -0.3 is 21.3 Å². The standard InChI is InChI=1S/C31H27N9O7S2/c1-3-48(43,44)23-9-5-7-21(15-23)36-39-29-25(31(41)42)28(38-35-20-13-11-19(12-14-20)17-47-18-32)26(33)30(27(29)34)40-37-22-8-6-10-24(16-22)49(45,46)4-2/h3-16,18,32H,1-2,17,33-34H2,(H,41,42). The van der Waals surface area contributed by atoms with Crippen molar-refractivity contribution < 1.29 is 31.5 Å². The van der Waals surface area contributed by atoms with Gasteiger partial charge >= 0.3 is 5.97 Å². The van der Waals surface area contributed by atoms with E-state index in [-0.39, 0.29) is 50.5 Å². The molecule has 0 fully saturated rings. The lowest BCUT2D eigenvalue weighted by Crippen LogP contribution is -2.04. The third kappa shape index (κ3) is 8.31. The van der Waals surface area contributed by atoms with Crippen LogP contribution in [0.15, 0.2) is 137 Å². The van der Waals surface area contributed by atoms with Gasteiger partial charge in [-0.2, -0.15) is 15.3 Å². The number of azo groups is 3. The molecule has 0 saturated carbocycles. The largest absolute Gasteiger partial charge is 0.479 e. The fraction of sp³-hybridized carbons (Fsp3) is 0.0323. The first-order valence-corrected chi connectivity index (χ1v) is 16.8. The number of nitrogens with zero attached hydrogens (tertiary/aromatic N) is 6. The molecule has 0 aliphatic carbocycles. The van der Waals surface area contributed by atoms with Crippen molar-refractivity contribution >= 4 is 77.5 Å². The molecular weight excluding hydrogens is 675 g/mol. The molecule has 16 nitrogen and oxygen atoms in total. The number of nitrogens with two attached hydrogens (primary N) is 2. The minimum atomic E-state index is -3.83. The van der Waals surface area contributed by atoms with Gasteiger partial charge in [-0.25, -0.2) is 21.6 Å². The average Bonchev–Trinajstić information content (AvgIpc) is 3.10. The molecule has 0 unspecified atom stereocenters. The zero-order chi connectivity index (χ0) is 35.8. The number of sulfone groups is 2. The molecule has 49 heavy (non-hydrogen) atoms. The number of benzene rings is 4. The lowest BCUT2D eigenvalue weighted by molar-refractivity contribution is 0.0698. The van der Waals surface area contributed by atoms with Gasteiger partial charge in [0.2, 0.25) is 0 Å². The number of hydrogen-bond acceptors (Lipinski definition) is 15. The van der Waals surface area contributed by atoms with Crippen molar-refractivity contribution in [2.24, 2.45) is 30.7 Å². The Kier molecular flexibility index (Phi) is 10.9. The van der Waals surface area contributed by atoms with Gasteiger partial charge in [-0.3, -0.25) is 5.41 Å². The van der Waals surface area contributed by atoms with Crippen molar-refractivity contribution in [3.8, 4) is 0 Å². The predicted molar refractivity (Wildman–Crippen MR) is 182 cm³/mol. The number of hydrogen-bond donors (Lipinski definition) is 4. The summed E-state index contributed by atoms with van der Waals surface area (Å²) in [6, 6.07) is 17.2. The lowest BCUT2D eigenvalue weighted by atomic mass is 10.1. The number of nitrogen functional groups attached to an aromatic ring is 2. The molecule has 0 spiro atoms. The van der Waals surface area contributed by atoms with Crippen molar-refractivity contribution in [1.82, 2.24) is 0 Å². The third-order valence-corrected chi connectivity index (χ3v) is 9.20. The maximum Gasteiger partial charge on any atom is 0.340 e. The molecule has 250 valence electrons. The van der Waals surface area contributed by atoms with Crippen LogP contribution >= 0.6 is 0 Å². The fourth-order valence-corrected chi connectivity index (χ4v) is 5.52. The number of ether oxygens (including phenoxy) is 1. The topological polar surface area (TPSA) is 265 Å². The zero-order valence-electron chi connectivity index (χ0n) is 25.3. The number of rotatable bonds is 14. The molecular formula is C31H27N9O7S2. The van der Waals surface area contributed by atoms with E-state index in [2.05, 4.69) is 43.8 Å². The maximum atomic E-state index is 12.6. The summed E-state index contributed by atoms with van der Waals surface area (Å²) in [6.07, 6.45) is 0.800. The summed E-state index contributed by atoms with van der Waals surface area (Å²) in [5.74, 6) is -1.56. The molecule has 4 rings (SSSR count). The zero-order valence-corrected chi connectivity index (χ0v) is 27.0. The van der Waals surface area contributed by atoms with E-state index < -0.39 is 42.6 Å². The highest BCUT2D eigenvalue weighted by Gasteiger charge is 2.27. The van der Waals surface area contributed by atoms with Gasteiger partial charge in [-0.1, -0.05) is 37.4 Å². The Morgan fingerprint density at radius 3 is 1.59 bits per heavy atom. The molecule has 0 radical (unpaired) electrons. The summed E-state index contributed by atoms with van der Waals surface area (Å²) in [5, 5.41) is 43.2. The first-order valence-electron chi connectivity index (χ1n) is 13.7. The van der Waals surface area contributed by atoms with Crippen LogP contribution in [-0.4, -0.2) is 34.3 Å². The van der Waals surface area contributed by atoms with Crippen molar-refractivity contribution in [2.75, 3.05) is 11.5 Å². The van der Waals surface area contributed by atoms with E-state index in [1.165, 1.54) is 48.5 Å². The Hall–Kier alpha value is -6.40. The maximum absolute atomic E-state index is 12.6. The highest BCUT2D eigenvalue weighted by Crippen LogP contribution is 2.49. The molecule has 0 aliphatic heterocycles. The summed E-state index contributed by atoms with van der Waals surface area (Å²) in [6.45, 7) is 6.74. The number of aromatic carboxylic acids is 1. The smallest absolute Gasteiger partial charge is 0.340 e. The van der Waals surface area contributed by atoms with Crippen LogP contribution in [0, 0.1) is 5.41 Å². The Balaban J connectivity index is 1.91. The van der Waals surface area contributed by atoms with Crippen molar-refractivity contribution in [3.05, 3.63) is 108 Å². The van der Waals surface area contributed by atoms with E-state index in [1.54, 1.807) is 24.3 Å². The van der Waals surface area contributed by atoms with Crippen LogP contribution in [-0.2, 0) is 31.0 Å². The number of anilines is 2. The second-order valence-electron chi connectivity index (χ2n) is 9.67. The van der Waals surface area contributed by atoms with Gasteiger partial charge in [0, 0.05) is 10.8 Å². The minimum absolute atomic E-state index is 0.0224. The van der Waals surface area contributed by atoms with E-state index in [4.69, 9.17) is 21.6 Å². The summed E-state index contributed by atoms with van der Waals surface area (Å²) >= 11 is 0. The highest BCUT2D eigenvalue weighted by atomic mass is 32.2. The van der Waals surface area contributed by atoms with Gasteiger partial charge in [0.25, 0.3) is 0 Å². The first kappa shape index (κ1) is 35.5. The number of carboxylic acids is 1. The van der Waals surface area contributed by atoms with Crippen molar-refractivity contribution in [1.29, 1.82) is 5.41 Å². The normalized spacial score (nSPS) is 12.0. The van der Waals surface area contributed by atoms with Crippen LogP contribution in [0.2, 0.25) is 0 Å². The molecule has 0 bridgehead atoms. The predicted octanol–water partition coefficient (Wildman–Crippen LogP) is 7.75. The van der Waals surface area contributed by atoms with Gasteiger partial charge in [0.1, 0.15) is 29.2 Å². The Morgan fingerprint density at radius 1 is 0.714 bits per heavy atom. The molecule has 4 aromatic rings. The van der Waals surface area contributed by atoms with Gasteiger partial charge in [-0.05, 0) is 54.1 Å². The quantitative estimate of drug-likeness (QED) is 0.0432. The third-order valence-electron chi connectivity index (χ3n) is 6.51. The summed E-state index contributed by atoms with van der Waals surface area (Å²) < 4.78 is 54.1. The van der Waals surface area contributed by atoms with E-state index in [0.29, 0.717) is 0 Å². The monoisotopic (exact) mass is 701 g/mol. The average molecular weight is 702 g/mol. The second-order valence-corrected chi connectivity index (χ2v) is 13.5. The second kappa shape index (κ2) is 15.0. The van der Waals surface area contributed by atoms with E-state index >= 15 is 0 Å². The highest BCUT2D eigenvalue weighted by molar-refractivity contribution is 7.94. The van der Waals surface area contributed by atoms with Crippen LogP contribution in [0.25, 0.3) is 0 Å². The Labute approximate surface area is 280 Å². The summed E-state index contributed by atoms with van der Waals surface area (Å²) in [4.78, 5) is 12.4. The van der Waals surface area contributed by atoms with Crippen LogP contribution in [0.3, 0.4) is 0 Å². The molecule has 18 heteroatoms. The number of carboxylic acid groups (broad SMARTS) is 1. The number of carbonyl (C=O) groups is 1. The van der Waals surface area contributed by atoms with E-state index in [0.717, 1.165) is 22.8 Å². The van der Waals surface area contributed by atoms with Gasteiger partial charge in [0.05, 0.1) is 38.2 Å². The van der Waals surface area contributed by atoms with Crippen molar-refractivity contribution in [2.45, 2.75) is 16.4 Å². The fourth-order valence-electron chi connectivity index (χ4n) is 4.03. The van der Waals surface area contributed by atoms with Crippen LogP contribution in [0.1, 0.15) is 15.9 Å². The van der Waals surface area contributed by atoms with Gasteiger partial charge in [0.15, 0.2) is 26.1 Å². The Bertz CT molecular complexity index is 2270. The summed E-state index contributed by atoms with van der Waals surface area (Å²) in [7, 11) is -7.63. The molecule has 0 amide bonds. The van der Waals surface area contributed by atoms with E-state index in [9.17, 15) is 26.7 Å². The molecule has 0 heterocycles. The van der Waals surface area contributed by atoms with Crippen LogP contribution < -0.4 is 11.5 Å². The number of nitrogens with one attached hydrogen (secondary N) is 1. The first-order chi connectivity index (χ1) is 23.3. The lowest BCUT2D eigenvalue weighted by Gasteiger charge is -2.13. The minimum Gasteiger partial charge on any atom is -0.479 e. The molecule has 6 N–H and O–H groups in total. The molecule has 0 aliphatic rings. The molecule has 4 aromatic carbocycles. The molecule has 0 saturated heterocycles. The van der Waals surface area contributed by atoms with Crippen LogP contribution in [0.5, 0.6) is 0 Å². The van der Waals surface area contributed by atoms with Crippen molar-refractivity contribution in [3.63, 3.8) is 0 Å². The van der Waals surface area contributed by atoms with Gasteiger partial charge in [-0.15, -0.1) is 15.3 Å².